The molecule has 0 radical (unpaired) electrons. The Hall–Kier alpha value is -3.67. The van der Waals surface area contributed by atoms with Gasteiger partial charge in [-0.3, -0.25) is 14.4 Å². The highest BCUT2D eigenvalue weighted by molar-refractivity contribution is 5.71. The molecule has 0 bridgehead atoms. The number of unbranched alkanes of at least 4 members (excludes halogenated alkanes) is 15. The zero-order valence-electron chi connectivity index (χ0n) is 36.6. The van der Waals surface area contributed by atoms with Crippen LogP contribution < -0.4 is 0 Å². The molecule has 0 aliphatic carbocycles. The van der Waals surface area contributed by atoms with Gasteiger partial charge in [-0.2, -0.15) is 0 Å². The number of rotatable bonds is 39. The highest BCUT2D eigenvalue weighted by atomic mass is 16.6. The van der Waals surface area contributed by atoms with E-state index >= 15 is 0 Å². The summed E-state index contributed by atoms with van der Waals surface area (Å²) in [4.78, 5) is 37.7. The molecule has 57 heavy (non-hydrogen) atoms. The van der Waals surface area contributed by atoms with Gasteiger partial charge in [-0.05, 0) is 96.3 Å². The third-order valence-electron chi connectivity index (χ3n) is 9.15. The fourth-order valence-corrected chi connectivity index (χ4v) is 5.75. The molecule has 0 heterocycles. The number of hydrogen-bond acceptors (Lipinski definition) is 6. The first kappa shape index (κ1) is 53.3. The van der Waals surface area contributed by atoms with Crippen molar-refractivity contribution in [3.63, 3.8) is 0 Å². The molecule has 1 unspecified atom stereocenters. The van der Waals surface area contributed by atoms with E-state index in [1.54, 1.807) is 0 Å². The number of carbonyl (C=O) groups is 3. The largest absolute Gasteiger partial charge is 0.462 e. The van der Waals surface area contributed by atoms with Crippen LogP contribution in [0.25, 0.3) is 0 Å². The van der Waals surface area contributed by atoms with E-state index in [0.717, 1.165) is 89.9 Å². The quantitative estimate of drug-likeness (QED) is 0.0203. The maximum atomic E-state index is 12.7. The Kier molecular flexibility index (Phi) is 42.1. The van der Waals surface area contributed by atoms with Crippen molar-refractivity contribution in [2.75, 3.05) is 13.2 Å². The summed E-state index contributed by atoms with van der Waals surface area (Å²) in [5.41, 5.74) is 0. The molecule has 0 aliphatic rings. The molecule has 0 aromatic rings. The van der Waals surface area contributed by atoms with Crippen LogP contribution in [0.4, 0.5) is 0 Å². The summed E-state index contributed by atoms with van der Waals surface area (Å²) in [7, 11) is 0. The van der Waals surface area contributed by atoms with Crippen molar-refractivity contribution >= 4 is 17.9 Å². The van der Waals surface area contributed by atoms with Gasteiger partial charge in [-0.1, -0.05) is 169 Å². The Morgan fingerprint density at radius 2 is 0.772 bits per heavy atom. The molecule has 322 valence electrons. The molecular weight excluding hydrogens is 709 g/mol. The van der Waals surface area contributed by atoms with E-state index in [9.17, 15) is 14.4 Å². The SMILES string of the molecule is CC\C=C/C=C\C=C/C=C\CCCCCC(=O)OC(COC(=O)CCCC/C=C\C/C=C\C/C=C\CC)COC(=O)CCCCC/C=C\CCCCCCCCC. The standard InChI is InChI=1S/C51H82O6/c1-4-7-10-13-16-19-22-25-27-29-32-35-38-41-44-50(53)56-47-48(46-55-49(52)43-40-37-34-31-28-24-21-18-15-12-9-6-3)57-51(54)45-42-39-36-33-30-26-23-20-17-14-11-8-5-2/h8-9,11-12,14,17-18,20-21,23,26-31,48H,4-7,10,13,15-16,19,22,24-25,32-47H2,1-3H3/b11-8-,12-9-,17-14-,21-18-,23-20-,29-27-,30-26-,31-28-. The molecule has 1 atom stereocenters. The Morgan fingerprint density at radius 3 is 1.33 bits per heavy atom. The third-order valence-corrected chi connectivity index (χ3v) is 9.15. The first-order valence-corrected chi connectivity index (χ1v) is 22.8. The average Bonchev–Trinajstić information content (AvgIpc) is 3.21. The number of esters is 3. The van der Waals surface area contributed by atoms with Crippen LogP contribution >= 0.6 is 0 Å². The lowest BCUT2D eigenvalue weighted by molar-refractivity contribution is -0.167. The Balaban J connectivity index is 4.54. The molecule has 0 saturated heterocycles. The summed E-state index contributed by atoms with van der Waals surface area (Å²) in [6, 6.07) is 0. The molecule has 0 saturated carbocycles. The predicted octanol–water partition coefficient (Wildman–Crippen LogP) is 14.6. The van der Waals surface area contributed by atoms with Crippen molar-refractivity contribution in [3.05, 3.63) is 97.2 Å². The molecule has 0 aromatic carbocycles. The zero-order chi connectivity index (χ0) is 41.5. The monoisotopic (exact) mass is 791 g/mol. The second kappa shape index (κ2) is 45.0. The van der Waals surface area contributed by atoms with E-state index in [4.69, 9.17) is 14.2 Å². The lowest BCUT2D eigenvalue weighted by atomic mass is 10.1. The number of ether oxygens (including phenoxy) is 3. The minimum absolute atomic E-state index is 0.115. The molecule has 0 aliphatic heterocycles. The van der Waals surface area contributed by atoms with E-state index < -0.39 is 6.10 Å². The van der Waals surface area contributed by atoms with Crippen molar-refractivity contribution in [2.24, 2.45) is 0 Å². The van der Waals surface area contributed by atoms with Gasteiger partial charge in [0, 0.05) is 19.3 Å². The molecule has 0 aromatic heterocycles. The number of carbonyl (C=O) groups excluding carboxylic acids is 3. The van der Waals surface area contributed by atoms with Gasteiger partial charge in [0.2, 0.25) is 0 Å². The predicted molar refractivity (Wildman–Crippen MR) is 242 cm³/mol. The van der Waals surface area contributed by atoms with E-state index in [0.29, 0.717) is 25.7 Å². The van der Waals surface area contributed by atoms with Crippen LogP contribution in [0, 0.1) is 0 Å². The Bertz CT molecular complexity index is 1180. The van der Waals surface area contributed by atoms with E-state index in [1.807, 2.05) is 36.5 Å². The summed E-state index contributed by atoms with van der Waals surface area (Å²) < 4.78 is 16.6. The van der Waals surface area contributed by atoms with Gasteiger partial charge in [-0.25, -0.2) is 0 Å². The van der Waals surface area contributed by atoms with Gasteiger partial charge in [-0.15, -0.1) is 0 Å². The van der Waals surface area contributed by atoms with Crippen molar-refractivity contribution in [2.45, 2.75) is 194 Å². The van der Waals surface area contributed by atoms with Gasteiger partial charge in [0.15, 0.2) is 6.10 Å². The lowest BCUT2D eigenvalue weighted by Crippen LogP contribution is -2.30. The smallest absolute Gasteiger partial charge is 0.306 e. The van der Waals surface area contributed by atoms with Gasteiger partial charge in [0.1, 0.15) is 13.2 Å². The van der Waals surface area contributed by atoms with Crippen LogP contribution in [0.3, 0.4) is 0 Å². The highest BCUT2D eigenvalue weighted by Gasteiger charge is 2.19. The van der Waals surface area contributed by atoms with Crippen LogP contribution in [0.2, 0.25) is 0 Å². The minimum atomic E-state index is -0.818. The number of hydrogen-bond donors (Lipinski definition) is 0. The topological polar surface area (TPSA) is 78.9 Å². The van der Waals surface area contributed by atoms with E-state index in [1.165, 1.54) is 44.9 Å². The molecule has 0 rings (SSSR count). The van der Waals surface area contributed by atoms with Crippen molar-refractivity contribution in [3.8, 4) is 0 Å². The van der Waals surface area contributed by atoms with E-state index in [2.05, 4.69) is 81.5 Å². The first-order chi connectivity index (χ1) is 28.0. The molecule has 6 heteroatoms. The summed E-state index contributed by atoms with van der Waals surface area (Å²) in [5.74, 6) is -1.02. The second-order valence-electron chi connectivity index (χ2n) is 14.6. The molecule has 0 N–H and O–H groups in total. The van der Waals surface area contributed by atoms with Crippen molar-refractivity contribution in [1.82, 2.24) is 0 Å². The molecule has 0 amide bonds. The van der Waals surface area contributed by atoms with Gasteiger partial charge < -0.3 is 14.2 Å². The van der Waals surface area contributed by atoms with Gasteiger partial charge in [0.25, 0.3) is 0 Å². The van der Waals surface area contributed by atoms with Crippen LogP contribution in [0.1, 0.15) is 188 Å². The average molecular weight is 791 g/mol. The Labute approximate surface area is 349 Å². The van der Waals surface area contributed by atoms with Crippen LogP contribution in [-0.2, 0) is 28.6 Å². The summed E-state index contributed by atoms with van der Waals surface area (Å²) in [6.45, 7) is 6.26. The molecule has 0 spiro atoms. The summed E-state index contributed by atoms with van der Waals surface area (Å²) >= 11 is 0. The van der Waals surface area contributed by atoms with Gasteiger partial charge >= 0.3 is 17.9 Å². The van der Waals surface area contributed by atoms with Crippen molar-refractivity contribution in [1.29, 1.82) is 0 Å². The minimum Gasteiger partial charge on any atom is -0.462 e. The fourth-order valence-electron chi connectivity index (χ4n) is 5.75. The van der Waals surface area contributed by atoms with Crippen LogP contribution in [0.15, 0.2) is 97.2 Å². The lowest BCUT2D eigenvalue weighted by Gasteiger charge is -2.18. The first-order valence-electron chi connectivity index (χ1n) is 22.8. The molecular formula is C51H82O6. The third kappa shape index (κ3) is 43.3. The van der Waals surface area contributed by atoms with Gasteiger partial charge in [0.05, 0.1) is 0 Å². The van der Waals surface area contributed by atoms with Crippen LogP contribution in [-0.4, -0.2) is 37.2 Å². The molecule has 0 fully saturated rings. The van der Waals surface area contributed by atoms with E-state index in [-0.39, 0.29) is 37.5 Å². The Morgan fingerprint density at radius 1 is 0.386 bits per heavy atom. The van der Waals surface area contributed by atoms with Crippen LogP contribution in [0.5, 0.6) is 0 Å². The summed E-state index contributed by atoms with van der Waals surface area (Å²) in [5, 5.41) is 0. The maximum Gasteiger partial charge on any atom is 0.306 e. The zero-order valence-corrected chi connectivity index (χ0v) is 36.6. The fraction of sp³-hybridized carbons (Fsp3) is 0.627. The number of allylic oxidation sites excluding steroid dienone is 16. The normalized spacial score (nSPS) is 13.0. The summed E-state index contributed by atoms with van der Waals surface area (Å²) in [6.07, 6.45) is 58.2. The maximum absolute atomic E-state index is 12.7. The molecule has 6 nitrogen and oxygen atoms in total. The highest BCUT2D eigenvalue weighted by Crippen LogP contribution is 2.12. The second-order valence-corrected chi connectivity index (χ2v) is 14.6. The van der Waals surface area contributed by atoms with Crippen molar-refractivity contribution < 1.29 is 28.6 Å².